The van der Waals surface area contributed by atoms with Crippen LogP contribution in [0.2, 0.25) is 0 Å². The highest BCUT2D eigenvalue weighted by Crippen LogP contribution is 2.29. The smallest absolute Gasteiger partial charge is 0.105 e. The molecule has 1 atom stereocenters. The van der Waals surface area contributed by atoms with Crippen LogP contribution in [0.15, 0.2) is 60.7 Å². The maximum absolute atomic E-state index is 10.7. The number of fused-ring (bicyclic) bond motifs is 1. The summed E-state index contributed by atoms with van der Waals surface area (Å²) in [5, 5.41) is 13.0. The van der Waals surface area contributed by atoms with E-state index in [0.29, 0.717) is 0 Å². The van der Waals surface area contributed by atoms with Crippen molar-refractivity contribution in [2.45, 2.75) is 20.0 Å². The lowest BCUT2D eigenvalue weighted by atomic mass is 9.94. The molecule has 1 N–H and O–H groups in total. The van der Waals surface area contributed by atoms with Gasteiger partial charge in [-0.3, -0.25) is 0 Å². The van der Waals surface area contributed by atoms with Crippen molar-refractivity contribution in [1.82, 2.24) is 0 Å². The van der Waals surface area contributed by atoms with Gasteiger partial charge in [-0.25, -0.2) is 0 Å². The molecule has 1 heteroatoms. The zero-order valence-corrected chi connectivity index (χ0v) is 11.8. The average molecular weight is 262 g/mol. The van der Waals surface area contributed by atoms with Gasteiger partial charge in [-0.2, -0.15) is 0 Å². The maximum atomic E-state index is 10.7. The van der Waals surface area contributed by atoms with Crippen molar-refractivity contribution >= 4 is 10.8 Å². The topological polar surface area (TPSA) is 20.2 Å². The van der Waals surface area contributed by atoms with Crippen LogP contribution >= 0.6 is 0 Å². The third kappa shape index (κ3) is 2.33. The number of hydrogen-bond donors (Lipinski definition) is 1. The molecule has 3 aromatic carbocycles. The van der Waals surface area contributed by atoms with E-state index in [2.05, 4.69) is 50.2 Å². The van der Waals surface area contributed by atoms with E-state index in [9.17, 15) is 5.11 Å². The minimum Gasteiger partial charge on any atom is -0.384 e. The molecule has 0 heterocycles. The number of aryl methyl sites for hydroxylation is 2. The van der Waals surface area contributed by atoms with Gasteiger partial charge in [0.1, 0.15) is 6.10 Å². The van der Waals surface area contributed by atoms with Crippen LogP contribution in [-0.2, 0) is 0 Å². The Hall–Kier alpha value is -2.12. The van der Waals surface area contributed by atoms with Gasteiger partial charge in [0.15, 0.2) is 0 Å². The normalized spacial score (nSPS) is 12.6. The Kier molecular flexibility index (Phi) is 3.29. The summed E-state index contributed by atoms with van der Waals surface area (Å²) in [6.07, 6.45) is -0.584. The lowest BCUT2D eigenvalue weighted by Gasteiger charge is -2.15. The van der Waals surface area contributed by atoms with Crippen molar-refractivity contribution in [1.29, 1.82) is 0 Å². The first kappa shape index (κ1) is 12.9. The molecule has 20 heavy (non-hydrogen) atoms. The Balaban J connectivity index is 2.15. The third-order valence-electron chi connectivity index (χ3n) is 3.68. The summed E-state index contributed by atoms with van der Waals surface area (Å²) < 4.78 is 0. The molecule has 3 rings (SSSR count). The first-order chi connectivity index (χ1) is 9.65. The Morgan fingerprint density at radius 2 is 1.45 bits per heavy atom. The van der Waals surface area contributed by atoms with Crippen LogP contribution in [0.1, 0.15) is 28.4 Å². The summed E-state index contributed by atoms with van der Waals surface area (Å²) >= 11 is 0. The van der Waals surface area contributed by atoms with Gasteiger partial charge < -0.3 is 5.11 Å². The lowest BCUT2D eigenvalue weighted by Crippen LogP contribution is -2.01. The van der Waals surface area contributed by atoms with Crippen molar-refractivity contribution in [3.8, 4) is 0 Å². The van der Waals surface area contributed by atoms with E-state index in [0.717, 1.165) is 21.9 Å². The monoisotopic (exact) mass is 262 g/mol. The fourth-order valence-electron chi connectivity index (χ4n) is 2.84. The average Bonchev–Trinajstić information content (AvgIpc) is 2.45. The second kappa shape index (κ2) is 5.10. The molecule has 0 radical (unpaired) electrons. The predicted octanol–water partition coefficient (Wildman–Crippen LogP) is 4.54. The zero-order valence-electron chi connectivity index (χ0n) is 11.8. The van der Waals surface area contributed by atoms with Crippen LogP contribution in [0, 0.1) is 13.8 Å². The van der Waals surface area contributed by atoms with Crippen LogP contribution in [0.3, 0.4) is 0 Å². The summed E-state index contributed by atoms with van der Waals surface area (Å²) in [5.74, 6) is 0. The quantitative estimate of drug-likeness (QED) is 0.719. The predicted molar refractivity (Wildman–Crippen MR) is 83.9 cm³/mol. The summed E-state index contributed by atoms with van der Waals surface area (Å²) in [5.41, 5.74) is 4.28. The summed E-state index contributed by atoms with van der Waals surface area (Å²) in [6.45, 7) is 4.12. The molecule has 0 aliphatic heterocycles. The molecule has 0 spiro atoms. The maximum Gasteiger partial charge on any atom is 0.105 e. The Morgan fingerprint density at radius 1 is 0.800 bits per heavy atom. The standard InChI is InChI=1S/C19H18O/c1-13-10-14(2)12-16(11-13)19(20)18-9-5-7-15-6-3-4-8-17(15)18/h3-12,19-20H,1-2H3/t19-/m0/s1. The van der Waals surface area contributed by atoms with Gasteiger partial charge >= 0.3 is 0 Å². The first-order valence-corrected chi connectivity index (χ1v) is 6.89. The van der Waals surface area contributed by atoms with Crippen LogP contribution in [0.25, 0.3) is 10.8 Å². The number of benzene rings is 3. The van der Waals surface area contributed by atoms with Gasteiger partial charge in [0.25, 0.3) is 0 Å². The number of aliphatic hydroxyl groups excluding tert-OH is 1. The van der Waals surface area contributed by atoms with Gasteiger partial charge in [-0.05, 0) is 35.7 Å². The highest BCUT2D eigenvalue weighted by Gasteiger charge is 2.13. The Morgan fingerprint density at radius 3 is 2.20 bits per heavy atom. The van der Waals surface area contributed by atoms with Crippen molar-refractivity contribution < 1.29 is 5.11 Å². The number of aliphatic hydroxyl groups is 1. The molecule has 0 fully saturated rings. The minimum absolute atomic E-state index is 0.584. The number of rotatable bonds is 2. The minimum atomic E-state index is -0.584. The van der Waals surface area contributed by atoms with E-state index in [1.807, 2.05) is 24.3 Å². The van der Waals surface area contributed by atoms with Crippen molar-refractivity contribution in [3.63, 3.8) is 0 Å². The summed E-state index contributed by atoms with van der Waals surface area (Å²) in [4.78, 5) is 0. The lowest BCUT2D eigenvalue weighted by molar-refractivity contribution is 0.221. The van der Waals surface area contributed by atoms with Gasteiger partial charge in [0.2, 0.25) is 0 Å². The number of hydrogen-bond acceptors (Lipinski definition) is 1. The van der Waals surface area contributed by atoms with Crippen molar-refractivity contribution in [2.24, 2.45) is 0 Å². The van der Waals surface area contributed by atoms with E-state index in [4.69, 9.17) is 0 Å². The first-order valence-electron chi connectivity index (χ1n) is 6.89. The molecular weight excluding hydrogens is 244 g/mol. The Labute approximate surface area is 119 Å². The molecule has 0 bridgehead atoms. The van der Waals surface area contributed by atoms with Gasteiger partial charge in [0, 0.05) is 0 Å². The van der Waals surface area contributed by atoms with Gasteiger partial charge in [-0.1, -0.05) is 71.8 Å². The molecular formula is C19H18O. The van der Waals surface area contributed by atoms with E-state index in [1.165, 1.54) is 11.1 Å². The zero-order chi connectivity index (χ0) is 14.1. The van der Waals surface area contributed by atoms with Crippen LogP contribution < -0.4 is 0 Å². The molecule has 0 amide bonds. The van der Waals surface area contributed by atoms with Gasteiger partial charge in [0.05, 0.1) is 0 Å². The second-order valence-corrected chi connectivity index (χ2v) is 5.39. The van der Waals surface area contributed by atoms with E-state index in [-0.39, 0.29) is 0 Å². The molecule has 0 aliphatic rings. The molecule has 0 aliphatic carbocycles. The van der Waals surface area contributed by atoms with Gasteiger partial charge in [-0.15, -0.1) is 0 Å². The van der Waals surface area contributed by atoms with Crippen LogP contribution in [0.5, 0.6) is 0 Å². The molecule has 0 unspecified atom stereocenters. The fraction of sp³-hybridized carbons (Fsp3) is 0.158. The van der Waals surface area contributed by atoms with Crippen molar-refractivity contribution in [3.05, 3.63) is 82.9 Å². The molecule has 0 saturated heterocycles. The van der Waals surface area contributed by atoms with E-state index >= 15 is 0 Å². The van der Waals surface area contributed by atoms with Crippen LogP contribution in [0.4, 0.5) is 0 Å². The Bertz CT molecular complexity index is 733. The van der Waals surface area contributed by atoms with E-state index in [1.54, 1.807) is 0 Å². The largest absolute Gasteiger partial charge is 0.384 e. The molecule has 1 nitrogen and oxygen atoms in total. The second-order valence-electron chi connectivity index (χ2n) is 5.39. The fourth-order valence-corrected chi connectivity index (χ4v) is 2.84. The highest BCUT2D eigenvalue weighted by molar-refractivity contribution is 5.86. The molecule has 0 aromatic heterocycles. The van der Waals surface area contributed by atoms with Crippen molar-refractivity contribution in [2.75, 3.05) is 0 Å². The molecule has 3 aromatic rings. The molecule has 100 valence electrons. The van der Waals surface area contributed by atoms with Crippen LogP contribution in [-0.4, -0.2) is 5.11 Å². The SMILES string of the molecule is Cc1cc(C)cc([C@H](O)c2cccc3ccccc23)c1. The molecule has 0 saturated carbocycles. The third-order valence-corrected chi connectivity index (χ3v) is 3.68. The summed E-state index contributed by atoms with van der Waals surface area (Å²) in [7, 11) is 0. The summed E-state index contributed by atoms with van der Waals surface area (Å²) in [6, 6.07) is 20.5. The van der Waals surface area contributed by atoms with E-state index < -0.39 is 6.10 Å². The highest BCUT2D eigenvalue weighted by atomic mass is 16.3.